The zero-order valence-corrected chi connectivity index (χ0v) is 7.86. The molecule has 0 spiro atoms. The minimum Gasteiger partial charge on any atom is -0.480 e. The lowest BCUT2D eigenvalue weighted by molar-refractivity contribution is -0.139. The molecular weight excluding hydrogens is 174 g/mol. The third-order valence-electron chi connectivity index (χ3n) is 1.53. The van der Waals surface area contributed by atoms with Crippen molar-refractivity contribution in [3.05, 3.63) is 0 Å². The van der Waals surface area contributed by atoms with Crippen molar-refractivity contribution in [2.45, 2.75) is 18.9 Å². The molecule has 0 fully saturated rings. The van der Waals surface area contributed by atoms with Gasteiger partial charge >= 0.3 is 5.97 Å². The van der Waals surface area contributed by atoms with Crippen LogP contribution in [0.4, 0.5) is 0 Å². The smallest absolute Gasteiger partial charge is 0.320 e. The van der Waals surface area contributed by atoms with Crippen molar-refractivity contribution in [3.63, 3.8) is 0 Å². The number of nitrogens with two attached hydrogens (primary N) is 1. The zero-order chi connectivity index (χ0) is 10.1. The van der Waals surface area contributed by atoms with Gasteiger partial charge in [-0.1, -0.05) is 0 Å². The Bertz CT molecular complexity index is 140. The van der Waals surface area contributed by atoms with Gasteiger partial charge in [-0.15, -0.1) is 0 Å². The normalized spacial score (nSPS) is 12.8. The first-order valence-corrected chi connectivity index (χ1v) is 4.23. The molecule has 0 unspecified atom stereocenters. The fourth-order valence-electron chi connectivity index (χ4n) is 0.741. The molecule has 78 valence electrons. The summed E-state index contributed by atoms with van der Waals surface area (Å²) in [4.78, 5) is 10.3. The maximum Gasteiger partial charge on any atom is 0.320 e. The Labute approximate surface area is 77.8 Å². The zero-order valence-electron chi connectivity index (χ0n) is 7.86. The summed E-state index contributed by atoms with van der Waals surface area (Å²) in [6, 6.07) is -0.817. The van der Waals surface area contributed by atoms with E-state index in [0.29, 0.717) is 26.2 Å². The molecule has 13 heavy (non-hydrogen) atoms. The maximum atomic E-state index is 10.3. The molecule has 0 aliphatic rings. The van der Waals surface area contributed by atoms with E-state index in [9.17, 15) is 4.79 Å². The van der Waals surface area contributed by atoms with Gasteiger partial charge < -0.3 is 20.3 Å². The highest BCUT2D eigenvalue weighted by Crippen LogP contribution is 1.91. The highest BCUT2D eigenvalue weighted by Gasteiger charge is 2.09. The topological polar surface area (TPSA) is 81.8 Å². The van der Waals surface area contributed by atoms with Gasteiger partial charge in [0.05, 0.1) is 0 Å². The third kappa shape index (κ3) is 7.70. The highest BCUT2D eigenvalue weighted by molar-refractivity contribution is 5.72. The van der Waals surface area contributed by atoms with E-state index in [2.05, 4.69) is 0 Å². The molecule has 0 aliphatic heterocycles. The Morgan fingerprint density at radius 1 is 1.46 bits per heavy atom. The third-order valence-corrected chi connectivity index (χ3v) is 1.53. The largest absolute Gasteiger partial charge is 0.480 e. The first kappa shape index (κ1) is 12.3. The van der Waals surface area contributed by atoms with Crippen LogP contribution < -0.4 is 5.73 Å². The lowest BCUT2D eigenvalue weighted by atomic mass is 10.2. The van der Waals surface area contributed by atoms with Crippen LogP contribution in [0.1, 0.15) is 12.8 Å². The van der Waals surface area contributed by atoms with Crippen molar-refractivity contribution in [1.29, 1.82) is 0 Å². The molecule has 0 saturated heterocycles. The first-order chi connectivity index (χ1) is 6.18. The van der Waals surface area contributed by atoms with E-state index in [0.717, 1.165) is 6.42 Å². The van der Waals surface area contributed by atoms with Gasteiger partial charge in [-0.3, -0.25) is 4.79 Å². The van der Waals surface area contributed by atoms with Gasteiger partial charge in [0.15, 0.2) is 0 Å². The minimum atomic E-state index is -0.986. The monoisotopic (exact) mass is 191 g/mol. The standard InChI is InChI=1S/C8H17NO4/c1-12-4-2-5-13-6-3-7(9)8(10)11/h7H,2-6,9H2,1H3,(H,10,11)/t7-/m0/s1. The molecule has 0 aliphatic carbocycles. The predicted octanol–water partition coefficient (Wildman–Crippen LogP) is -0.158. The van der Waals surface area contributed by atoms with Crippen molar-refractivity contribution in [3.8, 4) is 0 Å². The molecule has 0 aromatic heterocycles. The average molecular weight is 191 g/mol. The molecule has 5 heteroatoms. The Balaban J connectivity index is 3.11. The first-order valence-electron chi connectivity index (χ1n) is 4.23. The molecule has 0 bridgehead atoms. The van der Waals surface area contributed by atoms with Gasteiger partial charge in [-0.25, -0.2) is 0 Å². The second-order valence-corrected chi connectivity index (χ2v) is 2.69. The van der Waals surface area contributed by atoms with Crippen molar-refractivity contribution in [2.24, 2.45) is 5.73 Å². The van der Waals surface area contributed by atoms with E-state index in [1.165, 1.54) is 0 Å². The molecule has 3 N–H and O–H groups in total. The fourth-order valence-corrected chi connectivity index (χ4v) is 0.741. The van der Waals surface area contributed by atoms with Gasteiger partial charge in [-0.05, 0) is 12.8 Å². The predicted molar refractivity (Wildman–Crippen MR) is 47.5 cm³/mol. The lowest BCUT2D eigenvalue weighted by Crippen LogP contribution is -2.31. The van der Waals surface area contributed by atoms with Gasteiger partial charge in [0.25, 0.3) is 0 Å². The van der Waals surface area contributed by atoms with Crippen LogP contribution in [0.2, 0.25) is 0 Å². The summed E-state index contributed by atoms with van der Waals surface area (Å²) in [5, 5.41) is 8.42. The second-order valence-electron chi connectivity index (χ2n) is 2.69. The molecule has 5 nitrogen and oxygen atoms in total. The minimum absolute atomic E-state index is 0.350. The maximum absolute atomic E-state index is 10.3. The lowest BCUT2D eigenvalue weighted by Gasteiger charge is -2.06. The molecular formula is C8H17NO4. The SMILES string of the molecule is COCCCOCC[C@H](N)C(=O)O. The summed E-state index contributed by atoms with van der Waals surface area (Å²) in [7, 11) is 1.63. The van der Waals surface area contributed by atoms with Crippen LogP contribution in [0.25, 0.3) is 0 Å². The molecule has 0 radical (unpaired) electrons. The fraction of sp³-hybridized carbons (Fsp3) is 0.875. The number of aliphatic carboxylic acids is 1. The van der Waals surface area contributed by atoms with E-state index >= 15 is 0 Å². The number of carbonyl (C=O) groups is 1. The summed E-state index contributed by atoms with van der Waals surface area (Å²) >= 11 is 0. The summed E-state index contributed by atoms with van der Waals surface area (Å²) in [5.74, 6) is -0.986. The molecule has 0 rings (SSSR count). The number of carboxylic acids is 1. The van der Waals surface area contributed by atoms with Gasteiger partial charge in [0, 0.05) is 26.9 Å². The van der Waals surface area contributed by atoms with Gasteiger partial charge in [0.1, 0.15) is 6.04 Å². The summed E-state index contributed by atoms with van der Waals surface area (Å²) < 4.78 is 9.94. The Hall–Kier alpha value is -0.650. The van der Waals surface area contributed by atoms with Crippen LogP contribution in [-0.2, 0) is 14.3 Å². The second kappa shape index (κ2) is 7.97. The number of carboxylic acid groups (broad SMARTS) is 1. The van der Waals surface area contributed by atoms with Crippen molar-refractivity contribution >= 4 is 5.97 Å². The Morgan fingerprint density at radius 2 is 2.15 bits per heavy atom. The molecule has 1 atom stereocenters. The van der Waals surface area contributed by atoms with Gasteiger partial charge in [-0.2, -0.15) is 0 Å². The van der Waals surface area contributed by atoms with Crippen molar-refractivity contribution < 1.29 is 19.4 Å². The highest BCUT2D eigenvalue weighted by atomic mass is 16.5. The van der Waals surface area contributed by atoms with Crippen LogP contribution in [-0.4, -0.2) is 44.0 Å². The molecule has 0 aromatic carbocycles. The van der Waals surface area contributed by atoms with E-state index in [-0.39, 0.29) is 0 Å². The average Bonchev–Trinajstić information content (AvgIpc) is 2.10. The number of hydrogen-bond donors (Lipinski definition) is 2. The number of methoxy groups -OCH3 is 1. The number of hydrogen-bond acceptors (Lipinski definition) is 4. The van der Waals surface area contributed by atoms with Crippen LogP contribution >= 0.6 is 0 Å². The molecule has 0 aromatic rings. The number of rotatable bonds is 8. The summed E-state index contributed by atoms with van der Waals surface area (Å²) in [6.45, 7) is 1.63. The van der Waals surface area contributed by atoms with Crippen molar-refractivity contribution in [1.82, 2.24) is 0 Å². The van der Waals surface area contributed by atoms with Crippen LogP contribution in [0, 0.1) is 0 Å². The molecule has 0 amide bonds. The van der Waals surface area contributed by atoms with Crippen molar-refractivity contribution in [2.75, 3.05) is 26.9 Å². The van der Waals surface area contributed by atoms with Crippen LogP contribution in [0.5, 0.6) is 0 Å². The van der Waals surface area contributed by atoms with E-state index in [1.54, 1.807) is 7.11 Å². The summed E-state index contributed by atoms with van der Waals surface area (Å²) in [6.07, 6.45) is 1.17. The number of ether oxygens (including phenoxy) is 2. The Kier molecular flexibility index (Phi) is 7.57. The molecule has 0 heterocycles. The van der Waals surface area contributed by atoms with E-state index in [1.807, 2.05) is 0 Å². The van der Waals surface area contributed by atoms with E-state index < -0.39 is 12.0 Å². The quantitative estimate of drug-likeness (QED) is 0.521. The summed E-state index contributed by atoms with van der Waals surface area (Å²) in [5.41, 5.74) is 5.25. The van der Waals surface area contributed by atoms with Crippen LogP contribution in [0.15, 0.2) is 0 Å². The molecule has 0 saturated carbocycles. The van der Waals surface area contributed by atoms with Gasteiger partial charge in [0.2, 0.25) is 0 Å². The van der Waals surface area contributed by atoms with E-state index in [4.69, 9.17) is 20.3 Å². The van der Waals surface area contributed by atoms with Crippen LogP contribution in [0.3, 0.4) is 0 Å². The Morgan fingerprint density at radius 3 is 2.69 bits per heavy atom.